The topological polar surface area (TPSA) is 64.3 Å². The van der Waals surface area contributed by atoms with Crippen molar-refractivity contribution in [2.45, 2.75) is 44.5 Å². The van der Waals surface area contributed by atoms with Crippen LogP contribution in [-0.2, 0) is 11.2 Å². The van der Waals surface area contributed by atoms with Gasteiger partial charge >= 0.3 is 6.36 Å². The van der Waals surface area contributed by atoms with E-state index in [1.165, 1.54) is 24.3 Å². The number of hydrogen-bond donors (Lipinski definition) is 2. The lowest BCUT2D eigenvalue weighted by Gasteiger charge is -2.19. The summed E-state index contributed by atoms with van der Waals surface area (Å²) in [5, 5.41) is 3.00. The summed E-state index contributed by atoms with van der Waals surface area (Å²) in [4.78, 5) is 12.0. The molecule has 4 nitrogen and oxygen atoms in total. The average molecular weight is 367 g/mol. The predicted octanol–water partition coefficient (Wildman–Crippen LogP) is 3.18. The molecule has 1 saturated carbocycles. The third-order valence-corrected chi connectivity index (χ3v) is 4.11. The van der Waals surface area contributed by atoms with Crippen LogP contribution in [0.3, 0.4) is 0 Å². The van der Waals surface area contributed by atoms with E-state index in [1.807, 2.05) is 0 Å². The van der Waals surface area contributed by atoms with Crippen LogP contribution in [0.1, 0.15) is 31.2 Å². The van der Waals surface area contributed by atoms with E-state index in [9.17, 15) is 18.0 Å². The van der Waals surface area contributed by atoms with Crippen LogP contribution in [0.5, 0.6) is 5.75 Å². The molecule has 0 spiro atoms. The second kappa shape index (κ2) is 9.13. The summed E-state index contributed by atoms with van der Waals surface area (Å²) < 4.78 is 40.0. The van der Waals surface area contributed by atoms with Crippen molar-refractivity contribution in [3.8, 4) is 5.75 Å². The first-order valence-corrected chi connectivity index (χ1v) is 7.71. The number of rotatable bonds is 6. The standard InChI is InChI=1S/C16H21F3N2O2.ClH/c17-16(18,19)23-13-7-4-11(5-8-13)6-9-15(22)21-14-3-1-2-12(14)10-20;/h4-5,7-8,12,14H,1-3,6,9-10,20H2,(H,21,22);1H. The Morgan fingerprint density at radius 1 is 1.25 bits per heavy atom. The molecule has 24 heavy (non-hydrogen) atoms. The van der Waals surface area contributed by atoms with Crippen LogP contribution in [-0.4, -0.2) is 24.9 Å². The lowest BCUT2D eigenvalue weighted by atomic mass is 10.0. The van der Waals surface area contributed by atoms with E-state index in [0.717, 1.165) is 24.8 Å². The molecule has 1 aromatic carbocycles. The summed E-state index contributed by atoms with van der Waals surface area (Å²) in [5.74, 6) is 0.0335. The monoisotopic (exact) mass is 366 g/mol. The molecule has 0 aromatic heterocycles. The van der Waals surface area contributed by atoms with E-state index in [-0.39, 0.29) is 30.1 Å². The number of carbonyl (C=O) groups excluding carboxylic acids is 1. The number of carbonyl (C=O) groups is 1. The average Bonchev–Trinajstić information content (AvgIpc) is 2.92. The Kier molecular flexibility index (Phi) is 7.83. The fourth-order valence-corrected chi connectivity index (χ4v) is 2.90. The highest BCUT2D eigenvalue weighted by molar-refractivity contribution is 5.85. The minimum absolute atomic E-state index is 0. The van der Waals surface area contributed by atoms with Crippen molar-refractivity contribution in [1.82, 2.24) is 5.32 Å². The molecule has 0 bridgehead atoms. The van der Waals surface area contributed by atoms with Crippen LogP contribution in [0, 0.1) is 5.92 Å². The Labute approximate surface area is 145 Å². The molecule has 1 amide bonds. The maximum Gasteiger partial charge on any atom is 0.573 e. The van der Waals surface area contributed by atoms with Gasteiger partial charge in [0.2, 0.25) is 5.91 Å². The molecule has 8 heteroatoms. The van der Waals surface area contributed by atoms with Crippen molar-refractivity contribution in [3.05, 3.63) is 29.8 Å². The van der Waals surface area contributed by atoms with Crippen LogP contribution in [0.25, 0.3) is 0 Å². The smallest absolute Gasteiger partial charge is 0.406 e. The number of ether oxygens (including phenoxy) is 1. The molecule has 1 fully saturated rings. The number of hydrogen-bond acceptors (Lipinski definition) is 3. The maximum absolute atomic E-state index is 12.1. The Hall–Kier alpha value is -1.47. The van der Waals surface area contributed by atoms with Crippen LogP contribution in [0.2, 0.25) is 0 Å². The number of halogens is 4. The Morgan fingerprint density at radius 3 is 2.50 bits per heavy atom. The zero-order valence-electron chi connectivity index (χ0n) is 13.1. The van der Waals surface area contributed by atoms with Crippen LogP contribution < -0.4 is 15.8 Å². The van der Waals surface area contributed by atoms with E-state index in [4.69, 9.17) is 5.73 Å². The highest BCUT2D eigenvalue weighted by Crippen LogP contribution is 2.25. The third-order valence-electron chi connectivity index (χ3n) is 4.11. The quantitative estimate of drug-likeness (QED) is 0.812. The number of alkyl halides is 3. The lowest BCUT2D eigenvalue weighted by molar-refractivity contribution is -0.274. The number of aryl methyl sites for hydroxylation is 1. The van der Waals surface area contributed by atoms with Crippen molar-refractivity contribution in [3.63, 3.8) is 0 Å². The number of nitrogens with two attached hydrogens (primary N) is 1. The Morgan fingerprint density at radius 2 is 1.92 bits per heavy atom. The fraction of sp³-hybridized carbons (Fsp3) is 0.562. The number of amides is 1. The van der Waals surface area contributed by atoms with E-state index in [1.54, 1.807) is 0 Å². The van der Waals surface area contributed by atoms with Gasteiger partial charge in [0.15, 0.2) is 0 Å². The van der Waals surface area contributed by atoms with E-state index >= 15 is 0 Å². The first kappa shape index (κ1) is 20.6. The molecule has 2 atom stereocenters. The molecule has 0 aliphatic heterocycles. The molecule has 0 radical (unpaired) electrons. The second-order valence-corrected chi connectivity index (χ2v) is 5.79. The van der Waals surface area contributed by atoms with Gasteiger partial charge in [-0.3, -0.25) is 4.79 Å². The van der Waals surface area contributed by atoms with Gasteiger partial charge in [0.25, 0.3) is 0 Å². The molecule has 0 heterocycles. The van der Waals surface area contributed by atoms with Gasteiger partial charge in [0.05, 0.1) is 0 Å². The summed E-state index contributed by atoms with van der Waals surface area (Å²) in [5.41, 5.74) is 6.47. The number of nitrogens with one attached hydrogen (secondary N) is 1. The van der Waals surface area contributed by atoms with Gasteiger partial charge in [-0.05, 0) is 49.4 Å². The molecule has 1 aromatic rings. The normalized spacial score (nSPS) is 20.3. The Bertz CT molecular complexity index is 523. The van der Waals surface area contributed by atoms with Gasteiger partial charge in [0, 0.05) is 12.5 Å². The van der Waals surface area contributed by atoms with Crippen LogP contribution in [0.4, 0.5) is 13.2 Å². The molecule has 136 valence electrons. The minimum Gasteiger partial charge on any atom is -0.406 e. The molecule has 3 N–H and O–H groups in total. The lowest BCUT2D eigenvalue weighted by Crippen LogP contribution is -2.39. The first-order valence-electron chi connectivity index (χ1n) is 7.71. The Balaban J connectivity index is 0.00000288. The van der Waals surface area contributed by atoms with E-state index in [0.29, 0.717) is 25.3 Å². The molecule has 0 saturated heterocycles. The van der Waals surface area contributed by atoms with Gasteiger partial charge < -0.3 is 15.8 Å². The summed E-state index contributed by atoms with van der Waals surface area (Å²) in [6.07, 6.45) is -0.847. The summed E-state index contributed by atoms with van der Waals surface area (Å²) in [7, 11) is 0. The van der Waals surface area contributed by atoms with Crippen molar-refractivity contribution >= 4 is 18.3 Å². The molecular weight excluding hydrogens is 345 g/mol. The largest absolute Gasteiger partial charge is 0.573 e. The van der Waals surface area contributed by atoms with Crippen molar-refractivity contribution in [2.24, 2.45) is 11.7 Å². The third kappa shape index (κ3) is 6.57. The summed E-state index contributed by atoms with van der Waals surface area (Å²) in [6.45, 7) is 0.575. The van der Waals surface area contributed by atoms with Crippen LogP contribution in [0.15, 0.2) is 24.3 Å². The van der Waals surface area contributed by atoms with Crippen molar-refractivity contribution in [1.29, 1.82) is 0 Å². The minimum atomic E-state index is -4.69. The predicted molar refractivity (Wildman–Crippen MR) is 87.0 cm³/mol. The SMILES string of the molecule is Cl.NCC1CCCC1NC(=O)CCc1ccc(OC(F)(F)F)cc1. The van der Waals surface area contributed by atoms with Gasteiger partial charge in [-0.25, -0.2) is 0 Å². The van der Waals surface area contributed by atoms with Crippen molar-refractivity contribution in [2.75, 3.05) is 6.54 Å². The van der Waals surface area contributed by atoms with E-state index in [2.05, 4.69) is 10.1 Å². The number of benzene rings is 1. The maximum atomic E-state index is 12.1. The molecule has 2 rings (SSSR count). The van der Waals surface area contributed by atoms with Gasteiger partial charge in [-0.1, -0.05) is 18.6 Å². The zero-order chi connectivity index (χ0) is 16.9. The van der Waals surface area contributed by atoms with Gasteiger partial charge in [-0.15, -0.1) is 25.6 Å². The second-order valence-electron chi connectivity index (χ2n) is 5.79. The molecule has 1 aliphatic carbocycles. The molecule has 2 unspecified atom stereocenters. The molecule has 1 aliphatic rings. The molecular formula is C16H22ClF3N2O2. The highest BCUT2D eigenvalue weighted by atomic mass is 35.5. The first-order chi connectivity index (χ1) is 10.9. The summed E-state index contributed by atoms with van der Waals surface area (Å²) in [6, 6.07) is 5.72. The van der Waals surface area contributed by atoms with Gasteiger partial charge in [0.1, 0.15) is 5.75 Å². The van der Waals surface area contributed by atoms with Crippen molar-refractivity contribution < 1.29 is 22.7 Å². The van der Waals surface area contributed by atoms with E-state index < -0.39 is 6.36 Å². The van der Waals surface area contributed by atoms with Crippen LogP contribution >= 0.6 is 12.4 Å². The zero-order valence-corrected chi connectivity index (χ0v) is 14.0. The fourth-order valence-electron chi connectivity index (χ4n) is 2.90. The summed E-state index contributed by atoms with van der Waals surface area (Å²) >= 11 is 0. The highest BCUT2D eigenvalue weighted by Gasteiger charge is 2.31. The van der Waals surface area contributed by atoms with Gasteiger partial charge in [-0.2, -0.15) is 0 Å².